The van der Waals surface area contributed by atoms with Gasteiger partial charge in [-0.3, -0.25) is 0 Å². The number of nitrogens with zero attached hydrogens (tertiary/aromatic N) is 2. The molecule has 2 aromatic heterocycles. The van der Waals surface area contributed by atoms with Crippen molar-refractivity contribution >= 4 is 90.1 Å². The third-order valence-electron chi connectivity index (χ3n) is 15.2. The lowest BCUT2D eigenvalue weighted by Gasteiger charge is -2.29. The summed E-state index contributed by atoms with van der Waals surface area (Å²) in [5.74, 6) is 0. The van der Waals surface area contributed by atoms with E-state index in [1.54, 1.807) is 24.3 Å². The molecular weight excluding hydrogens is 973 g/mol. The quantitative estimate of drug-likeness (QED) is 0.115. The molecule has 4 nitrogen and oxygen atoms in total. The monoisotopic (exact) mass is 1030 g/mol. The Bertz CT molecular complexity index is 4600. The Morgan fingerprint density at radius 1 is 0.300 bits per heavy atom. The van der Waals surface area contributed by atoms with Crippen LogP contribution >= 0.6 is 0 Å². The van der Waals surface area contributed by atoms with Gasteiger partial charge in [0.15, 0.2) is 11.2 Å². The molecule has 0 radical (unpaired) electrons. The largest absolute Gasteiger partial charge is 0.454 e. The van der Waals surface area contributed by atoms with Gasteiger partial charge in [-0.05, 0) is 128 Å². The van der Waals surface area contributed by atoms with E-state index in [0.29, 0.717) is 11.1 Å². The van der Waals surface area contributed by atoms with Crippen LogP contribution in [0, 0.1) is 0 Å². The van der Waals surface area contributed by atoms with Gasteiger partial charge in [0.1, 0.15) is 11.2 Å². The summed E-state index contributed by atoms with van der Waals surface area (Å²) in [6.07, 6.45) is 0. The van der Waals surface area contributed by atoms with E-state index in [0.717, 1.165) is 134 Å². The molecule has 0 unspecified atom stereocenters. The topological polar surface area (TPSA) is 32.8 Å². The maximum Gasteiger partial charge on any atom is 0.159 e. The fraction of sp³-hybridized carbons (Fsp3) is 0. The molecule has 4 heteroatoms. The van der Waals surface area contributed by atoms with Gasteiger partial charge in [0, 0.05) is 44.0 Å². The van der Waals surface area contributed by atoms with Gasteiger partial charge < -0.3 is 18.6 Å². The Kier molecular flexibility index (Phi) is 10.6. The van der Waals surface area contributed by atoms with Gasteiger partial charge in [-0.2, -0.15) is 0 Å². The van der Waals surface area contributed by atoms with Crippen molar-refractivity contribution in [1.82, 2.24) is 0 Å². The number of furan rings is 2. The van der Waals surface area contributed by atoms with Crippen molar-refractivity contribution < 1.29 is 17.1 Å². The third kappa shape index (κ3) is 8.62. The van der Waals surface area contributed by atoms with Crippen LogP contribution < -0.4 is 9.80 Å². The Labute approximate surface area is 473 Å². The number of hydrogen-bond donors (Lipinski definition) is 0. The van der Waals surface area contributed by atoms with Gasteiger partial charge in [0.25, 0.3) is 0 Å². The zero-order valence-corrected chi connectivity index (χ0v) is 43.3. The minimum absolute atomic E-state index is 0.123. The van der Waals surface area contributed by atoms with Crippen LogP contribution in [0.5, 0.6) is 0 Å². The molecular formula is C76H52N2O2. The lowest BCUT2D eigenvalue weighted by atomic mass is 9.95. The Balaban J connectivity index is 0.888. The highest BCUT2D eigenvalue weighted by atomic mass is 16.3. The van der Waals surface area contributed by atoms with Crippen molar-refractivity contribution in [1.29, 1.82) is 0 Å². The first-order chi connectivity index (χ1) is 42.1. The van der Waals surface area contributed by atoms with Gasteiger partial charge in [-0.15, -0.1) is 0 Å². The van der Waals surface area contributed by atoms with E-state index in [9.17, 15) is 0 Å². The average molecular weight is 1030 g/mol. The molecule has 0 fully saturated rings. The molecule has 0 N–H and O–H groups in total. The standard InChI is InChI=1S/C76H52N2O2/c1-3-51-29-33-55(34-30-51)59-41-47-69(67(49-59)57-17-7-5-8-18-57)77(71-25-15-23-65-63-21-11-13-27-73(63)79-75(65)71)61-43-37-53(38-44-61)54-39-45-62(46-40-54)78(72-26-16-24-66-64-22-12-14-28-74(64)80-76(66)72)70-48-42-60(56-35-31-52(4-2)32-36-56)50-68(70)58-19-9-6-10-20-58/h3-50H,1-2H2/i1D2,2D2,3D,4D. The highest BCUT2D eigenvalue weighted by molar-refractivity contribution is 6.12. The number of fused-ring (bicyclic) bond motifs is 6. The molecule has 80 heavy (non-hydrogen) atoms. The lowest BCUT2D eigenvalue weighted by Crippen LogP contribution is -2.12. The van der Waals surface area contributed by atoms with E-state index in [4.69, 9.17) is 17.1 Å². The van der Waals surface area contributed by atoms with Crippen LogP contribution in [0.4, 0.5) is 34.1 Å². The molecule has 0 bridgehead atoms. The maximum atomic E-state index is 8.26. The first-order valence-electron chi connectivity index (χ1n) is 29.6. The molecule has 0 amide bonds. The van der Waals surface area contributed by atoms with Crippen molar-refractivity contribution in [2.45, 2.75) is 0 Å². The normalized spacial score (nSPS) is 12.3. The van der Waals surface area contributed by atoms with Crippen molar-refractivity contribution in [3.63, 3.8) is 0 Å². The van der Waals surface area contributed by atoms with E-state index in [1.165, 1.54) is 0 Å². The molecule has 0 aliphatic heterocycles. The van der Waals surface area contributed by atoms with E-state index in [1.807, 2.05) is 72.8 Å². The predicted octanol–water partition coefficient (Wildman–Crippen LogP) is 22.0. The predicted molar refractivity (Wildman–Crippen MR) is 338 cm³/mol. The van der Waals surface area contributed by atoms with Crippen LogP contribution in [0.2, 0.25) is 0 Å². The van der Waals surface area contributed by atoms with Crippen LogP contribution in [0.15, 0.2) is 301 Å². The molecule has 0 aliphatic rings. The van der Waals surface area contributed by atoms with Crippen LogP contribution in [0.1, 0.15) is 19.4 Å². The highest BCUT2D eigenvalue weighted by Crippen LogP contribution is 2.49. The van der Waals surface area contributed by atoms with Crippen molar-refractivity contribution in [2.75, 3.05) is 9.80 Å². The summed E-state index contributed by atoms with van der Waals surface area (Å²) < 4.78 is 61.0. The maximum absolute atomic E-state index is 8.26. The molecule has 378 valence electrons. The van der Waals surface area contributed by atoms with Gasteiger partial charge in [0.05, 0.1) is 31.0 Å². The van der Waals surface area contributed by atoms with E-state index in [-0.39, 0.29) is 12.1 Å². The zero-order chi connectivity index (χ0) is 58.4. The summed E-state index contributed by atoms with van der Waals surface area (Å²) in [5.41, 5.74) is 19.6. The van der Waals surface area contributed by atoms with Crippen molar-refractivity contribution in [3.8, 4) is 55.6 Å². The van der Waals surface area contributed by atoms with Gasteiger partial charge in [-0.25, -0.2) is 0 Å². The Morgan fingerprint density at radius 3 is 1.06 bits per heavy atom. The summed E-state index contributed by atoms with van der Waals surface area (Å²) in [4.78, 5) is 4.57. The molecule has 12 aromatic carbocycles. The Hall–Kier alpha value is -10.7. The Morgan fingerprint density at radius 2 is 0.650 bits per heavy atom. The van der Waals surface area contributed by atoms with Gasteiger partial charge >= 0.3 is 0 Å². The second-order valence-electron chi connectivity index (χ2n) is 19.9. The fourth-order valence-electron chi connectivity index (χ4n) is 11.2. The highest BCUT2D eigenvalue weighted by Gasteiger charge is 2.25. The molecule has 0 spiro atoms. The third-order valence-corrected chi connectivity index (χ3v) is 15.2. The zero-order valence-electron chi connectivity index (χ0n) is 49.3. The first kappa shape index (κ1) is 41.5. The van der Waals surface area contributed by atoms with E-state index >= 15 is 0 Å². The fourth-order valence-corrected chi connectivity index (χ4v) is 11.2. The second-order valence-corrected chi connectivity index (χ2v) is 19.9. The number of para-hydroxylation sites is 4. The molecule has 14 rings (SSSR count). The van der Waals surface area contributed by atoms with Crippen LogP contribution in [-0.2, 0) is 0 Å². The summed E-state index contributed by atoms with van der Waals surface area (Å²) in [6.45, 7) is -1.05. The van der Waals surface area contributed by atoms with Crippen molar-refractivity contribution in [3.05, 3.63) is 303 Å². The lowest BCUT2D eigenvalue weighted by molar-refractivity contribution is 0.668. The first-order valence-corrected chi connectivity index (χ1v) is 26.6. The van der Waals surface area contributed by atoms with E-state index in [2.05, 4.69) is 192 Å². The summed E-state index contributed by atoms with van der Waals surface area (Å²) in [6, 6.07) is 94.8. The molecule has 0 saturated carbocycles. The molecule has 0 aliphatic carbocycles. The van der Waals surface area contributed by atoms with Crippen LogP contribution in [0.25, 0.3) is 112 Å². The summed E-state index contributed by atoms with van der Waals surface area (Å²) >= 11 is 0. The summed E-state index contributed by atoms with van der Waals surface area (Å²) in [7, 11) is 0. The van der Waals surface area contributed by atoms with Crippen LogP contribution in [-0.4, -0.2) is 0 Å². The number of rotatable bonds is 13. The van der Waals surface area contributed by atoms with Gasteiger partial charge in [0.2, 0.25) is 0 Å². The smallest absolute Gasteiger partial charge is 0.159 e. The molecule has 2 heterocycles. The number of benzene rings is 12. The minimum Gasteiger partial charge on any atom is -0.454 e. The SMILES string of the molecule is [2H]C([2H])=C([2H])c1ccc(-c2ccc(N(c3ccc(-c4ccc(N(c5ccc(-c6ccc(C([2H])=C([2H])[2H])cc6)cc5-c5ccccc5)c5cccc6c5oc5ccccc56)cc4)cc3)c3cccc4c3oc3ccccc34)c(-c3ccccc3)c2)cc1. The number of anilines is 6. The van der Waals surface area contributed by atoms with Crippen molar-refractivity contribution in [2.24, 2.45) is 0 Å². The average Bonchev–Trinajstić information content (AvgIpc) is 1.63. The van der Waals surface area contributed by atoms with Crippen LogP contribution in [0.3, 0.4) is 0 Å². The molecule has 14 aromatic rings. The van der Waals surface area contributed by atoms with E-state index < -0.39 is 13.1 Å². The molecule has 0 saturated heterocycles. The summed E-state index contributed by atoms with van der Waals surface area (Å²) in [5, 5.41) is 4.10. The minimum atomic E-state index is -0.525. The van der Waals surface area contributed by atoms with Gasteiger partial charge in [-0.1, -0.05) is 231 Å². The molecule has 0 atom stereocenters. The number of hydrogen-bond acceptors (Lipinski definition) is 4. The second kappa shape index (κ2) is 20.4.